The minimum Gasteiger partial charge on any atom is -0.494 e. The Balaban J connectivity index is 2.04. The first-order valence-corrected chi connectivity index (χ1v) is 6.48. The van der Waals surface area contributed by atoms with Gasteiger partial charge in [0.05, 0.1) is 4.88 Å². The van der Waals surface area contributed by atoms with Crippen LogP contribution in [-0.2, 0) is 11.2 Å². The van der Waals surface area contributed by atoms with E-state index in [-0.39, 0.29) is 23.1 Å². The molecule has 0 saturated heterocycles. The fourth-order valence-corrected chi connectivity index (χ4v) is 2.30. The van der Waals surface area contributed by atoms with E-state index in [9.17, 15) is 14.7 Å². The van der Waals surface area contributed by atoms with Gasteiger partial charge in [0.1, 0.15) is 12.4 Å². The monoisotopic (exact) mass is 279 g/mol. The van der Waals surface area contributed by atoms with Gasteiger partial charge in [-0.2, -0.15) is 0 Å². The van der Waals surface area contributed by atoms with Crippen LogP contribution in [0.3, 0.4) is 0 Å². The molecule has 0 fully saturated rings. The first kappa shape index (κ1) is 13.4. The van der Waals surface area contributed by atoms with Crippen LogP contribution >= 0.6 is 11.3 Å². The molecule has 0 atom stereocenters. The SMILES string of the molecule is CC(=O)COc1ccc(Cc2sc(=O)[nH]c2O)cc1. The molecule has 0 saturated carbocycles. The zero-order chi connectivity index (χ0) is 13.8. The number of aromatic hydroxyl groups is 1. The smallest absolute Gasteiger partial charge is 0.307 e. The molecule has 2 aromatic rings. The Morgan fingerprint density at radius 1 is 1.37 bits per heavy atom. The number of benzene rings is 1. The Labute approximate surface area is 113 Å². The minimum absolute atomic E-state index is 0.0360. The largest absolute Gasteiger partial charge is 0.494 e. The average Bonchev–Trinajstić information content (AvgIpc) is 2.67. The summed E-state index contributed by atoms with van der Waals surface area (Å²) >= 11 is 0.991. The first-order chi connectivity index (χ1) is 9.04. The second-order valence-electron chi connectivity index (χ2n) is 4.10. The number of nitrogens with one attached hydrogen (secondary N) is 1. The normalized spacial score (nSPS) is 10.4. The number of hydrogen-bond donors (Lipinski definition) is 2. The third-order valence-electron chi connectivity index (χ3n) is 2.43. The van der Waals surface area contributed by atoms with E-state index in [0.29, 0.717) is 17.0 Å². The van der Waals surface area contributed by atoms with Crippen LogP contribution in [-0.4, -0.2) is 22.5 Å². The van der Waals surface area contributed by atoms with Gasteiger partial charge in [-0.05, 0) is 24.6 Å². The van der Waals surface area contributed by atoms with Crippen molar-refractivity contribution in [2.24, 2.45) is 0 Å². The number of hydrogen-bond acceptors (Lipinski definition) is 5. The molecule has 19 heavy (non-hydrogen) atoms. The Hall–Kier alpha value is -2.08. The fourth-order valence-electron chi connectivity index (χ4n) is 1.55. The van der Waals surface area contributed by atoms with E-state index in [1.54, 1.807) is 12.1 Å². The number of rotatable bonds is 5. The van der Waals surface area contributed by atoms with E-state index in [0.717, 1.165) is 16.9 Å². The van der Waals surface area contributed by atoms with Crippen molar-refractivity contribution >= 4 is 17.1 Å². The molecule has 6 heteroatoms. The Kier molecular flexibility index (Phi) is 4.01. The quantitative estimate of drug-likeness (QED) is 0.873. The van der Waals surface area contributed by atoms with Gasteiger partial charge in [-0.3, -0.25) is 14.6 Å². The van der Waals surface area contributed by atoms with E-state index < -0.39 is 0 Å². The minimum atomic E-state index is -0.270. The van der Waals surface area contributed by atoms with Crippen LogP contribution in [0, 0.1) is 0 Å². The lowest BCUT2D eigenvalue weighted by atomic mass is 10.1. The van der Waals surface area contributed by atoms with E-state index in [2.05, 4.69) is 4.98 Å². The maximum absolute atomic E-state index is 11.1. The van der Waals surface area contributed by atoms with Crippen LogP contribution in [0.1, 0.15) is 17.4 Å². The lowest BCUT2D eigenvalue weighted by Crippen LogP contribution is -2.06. The maximum atomic E-state index is 11.1. The predicted molar refractivity (Wildman–Crippen MR) is 72.0 cm³/mol. The molecule has 0 bridgehead atoms. The van der Waals surface area contributed by atoms with Gasteiger partial charge < -0.3 is 9.84 Å². The summed E-state index contributed by atoms with van der Waals surface area (Å²) in [5.74, 6) is 0.503. The Bertz CT molecular complexity index is 627. The summed E-state index contributed by atoms with van der Waals surface area (Å²) in [7, 11) is 0. The van der Waals surface area contributed by atoms with Gasteiger partial charge in [-0.1, -0.05) is 23.5 Å². The average molecular weight is 279 g/mol. The number of Topliss-reactive ketones (excluding diaryl/α,β-unsaturated/α-hetero) is 1. The zero-order valence-electron chi connectivity index (χ0n) is 10.3. The van der Waals surface area contributed by atoms with Gasteiger partial charge in [0.25, 0.3) is 0 Å². The summed E-state index contributed by atoms with van der Waals surface area (Å²) in [5, 5.41) is 9.49. The molecule has 0 spiro atoms. The molecule has 0 amide bonds. The second-order valence-corrected chi connectivity index (χ2v) is 5.17. The number of ketones is 1. The van der Waals surface area contributed by atoms with E-state index in [1.165, 1.54) is 6.92 Å². The summed E-state index contributed by atoms with van der Waals surface area (Å²) < 4.78 is 5.25. The number of thiazole rings is 1. The Morgan fingerprint density at radius 2 is 2.05 bits per heavy atom. The van der Waals surface area contributed by atoms with Gasteiger partial charge in [0.2, 0.25) is 5.88 Å². The number of H-pyrrole nitrogens is 1. The van der Waals surface area contributed by atoms with Crippen LogP contribution in [0.2, 0.25) is 0 Å². The summed E-state index contributed by atoms with van der Waals surface area (Å²) in [6, 6.07) is 7.17. The number of aromatic amines is 1. The molecule has 0 aliphatic carbocycles. The first-order valence-electron chi connectivity index (χ1n) is 5.66. The molecule has 0 unspecified atom stereocenters. The highest BCUT2D eigenvalue weighted by atomic mass is 32.1. The van der Waals surface area contributed by atoms with E-state index in [4.69, 9.17) is 4.74 Å². The van der Waals surface area contributed by atoms with Gasteiger partial charge >= 0.3 is 4.87 Å². The number of aromatic nitrogens is 1. The summed E-state index contributed by atoms with van der Waals surface area (Å²) in [4.78, 5) is 24.5. The third-order valence-corrected chi connectivity index (χ3v) is 3.30. The summed E-state index contributed by atoms with van der Waals surface area (Å²) in [6.07, 6.45) is 0.474. The standard InChI is InChI=1S/C13H13NO4S/c1-8(15)7-18-10-4-2-9(3-5-10)6-11-12(16)14-13(17)19-11/h2-5,16H,6-7H2,1H3,(H,14,17). The van der Waals surface area contributed by atoms with Gasteiger partial charge in [0, 0.05) is 6.42 Å². The highest BCUT2D eigenvalue weighted by Gasteiger charge is 2.07. The molecule has 2 N–H and O–H groups in total. The van der Waals surface area contributed by atoms with Crippen LogP contribution in [0.15, 0.2) is 29.1 Å². The van der Waals surface area contributed by atoms with Crippen LogP contribution in [0.25, 0.3) is 0 Å². The van der Waals surface area contributed by atoms with Crippen LogP contribution in [0.5, 0.6) is 11.6 Å². The lowest BCUT2D eigenvalue weighted by molar-refractivity contribution is -0.118. The van der Waals surface area contributed by atoms with Gasteiger partial charge in [0.15, 0.2) is 5.78 Å². The number of ether oxygens (including phenoxy) is 1. The highest BCUT2D eigenvalue weighted by molar-refractivity contribution is 7.09. The van der Waals surface area contributed by atoms with Gasteiger partial charge in [-0.25, -0.2) is 0 Å². The molecule has 0 aliphatic rings. The van der Waals surface area contributed by atoms with Crippen molar-refractivity contribution in [1.82, 2.24) is 4.98 Å². The molecule has 0 aliphatic heterocycles. The van der Waals surface area contributed by atoms with Crippen molar-refractivity contribution in [3.63, 3.8) is 0 Å². The molecular formula is C13H13NO4S. The molecule has 2 rings (SSSR count). The highest BCUT2D eigenvalue weighted by Crippen LogP contribution is 2.21. The van der Waals surface area contributed by atoms with Crippen LogP contribution < -0.4 is 9.61 Å². The van der Waals surface area contributed by atoms with E-state index >= 15 is 0 Å². The topological polar surface area (TPSA) is 79.4 Å². The van der Waals surface area contributed by atoms with Crippen molar-refractivity contribution < 1.29 is 14.6 Å². The third kappa shape index (κ3) is 3.69. The van der Waals surface area contributed by atoms with Gasteiger partial charge in [-0.15, -0.1) is 0 Å². The predicted octanol–water partition coefficient (Wildman–Crippen LogP) is 1.70. The van der Waals surface area contributed by atoms with Crippen molar-refractivity contribution in [2.45, 2.75) is 13.3 Å². The zero-order valence-corrected chi connectivity index (χ0v) is 11.1. The van der Waals surface area contributed by atoms with Crippen molar-refractivity contribution in [1.29, 1.82) is 0 Å². The molecular weight excluding hydrogens is 266 g/mol. The number of carbonyl (C=O) groups is 1. The lowest BCUT2D eigenvalue weighted by Gasteiger charge is -2.05. The summed E-state index contributed by atoms with van der Waals surface area (Å²) in [6.45, 7) is 1.52. The van der Waals surface area contributed by atoms with Crippen LogP contribution in [0.4, 0.5) is 0 Å². The molecule has 1 aromatic carbocycles. The molecule has 0 radical (unpaired) electrons. The fraction of sp³-hybridized carbons (Fsp3) is 0.231. The van der Waals surface area contributed by atoms with Crippen molar-refractivity contribution in [2.75, 3.05) is 6.61 Å². The van der Waals surface area contributed by atoms with E-state index in [1.807, 2.05) is 12.1 Å². The molecule has 5 nitrogen and oxygen atoms in total. The molecule has 1 aromatic heterocycles. The maximum Gasteiger partial charge on any atom is 0.307 e. The Morgan fingerprint density at radius 3 is 2.58 bits per heavy atom. The van der Waals surface area contributed by atoms with Crippen molar-refractivity contribution in [3.8, 4) is 11.6 Å². The number of carbonyl (C=O) groups excluding carboxylic acids is 1. The molecule has 100 valence electrons. The second kappa shape index (κ2) is 5.71. The summed E-state index contributed by atoms with van der Waals surface area (Å²) in [5.41, 5.74) is 0.945. The molecule has 1 heterocycles. The van der Waals surface area contributed by atoms with Crippen molar-refractivity contribution in [3.05, 3.63) is 44.4 Å².